The second kappa shape index (κ2) is 5.22. The number of ether oxygens (including phenoxy) is 1. The van der Waals surface area contributed by atoms with Gasteiger partial charge in [-0.25, -0.2) is 9.59 Å². The maximum absolute atomic E-state index is 11.8. The third-order valence-electron chi connectivity index (χ3n) is 2.49. The Labute approximate surface area is 109 Å². The first-order valence-electron chi connectivity index (χ1n) is 5.48. The molecule has 5 heteroatoms. The maximum atomic E-state index is 11.8. The Morgan fingerprint density at radius 3 is 2.05 bits per heavy atom. The lowest BCUT2D eigenvalue weighted by atomic mass is 10.2. The van der Waals surface area contributed by atoms with Crippen molar-refractivity contribution in [3.63, 3.8) is 0 Å². The zero-order valence-electron chi connectivity index (χ0n) is 9.87. The Hall–Kier alpha value is -2.82. The monoisotopic (exact) mass is 257 g/mol. The summed E-state index contributed by atoms with van der Waals surface area (Å²) in [5.74, 6) is -2.03. The van der Waals surface area contributed by atoms with Crippen LogP contribution in [0, 0.1) is 0 Å². The van der Waals surface area contributed by atoms with E-state index in [1.807, 2.05) is 0 Å². The van der Waals surface area contributed by atoms with E-state index in [0.717, 1.165) is 0 Å². The highest BCUT2D eigenvalue weighted by atomic mass is 16.6. The van der Waals surface area contributed by atoms with Crippen LogP contribution in [0.4, 0.5) is 5.69 Å². The van der Waals surface area contributed by atoms with Crippen LogP contribution in [-0.4, -0.2) is 17.0 Å². The maximum Gasteiger partial charge on any atom is 0.349 e. The van der Waals surface area contributed by atoms with Gasteiger partial charge < -0.3 is 15.6 Å². The van der Waals surface area contributed by atoms with Gasteiger partial charge in [-0.2, -0.15) is 0 Å². The Morgan fingerprint density at radius 1 is 0.895 bits per heavy atom. The predicted molar refractivity (Wildman–Crippen MR) is 68.7 cm³/mol. The molecular formula is C14H11NO4. The first-order chi connectivity index (χ1) is 9.09. The van der Waals surface area contributed by atoms with E-state index >= 15 is 0 Å². The molecule has 0 aliphatic heterocycles. The molecular weight excluding hydrogens is 246 g/mol. The molecule has 5 nitrogen and oxygen atoms in total. The van der Waals surface area contributed by atoms with Crippen molar-refractivity contribution >= 4 is 17.6 Å². The van der Waals surface area contributed by atoms with Gasteiger partial charge in [-0.3, -0.25) is 0 Å². The van der Waals surface area contributed by atoms with Gasteiger partial charge in [-0.1, -0.05) is 24.3 Å². The molecule has 0 radical (unpaired) electrons. The molecule has 2 rings (SSSR count). The number of rotatable bonds is 2. The molecule has 0 atom stereocenters. The average Bonchev–Trinajstić information content (AvgIpc) is 2.39. The third kappa shape index (κ3) is 2.71. The van der Waals surface area contributed by atoms with E-state index in [1.54, 1.807) is 24.3 Å². The van der Waals surface area contributed by atoms with Crippen LogP contribution in [0.15, 0.2) is 48.5 Å². The van der Waals surface area contributed by atoms with Crippen LogP contribution in [0.1, 0.15) is 20.7 Å². The van der Waals surface area contributed by atoms with E-state index in [0.29, 0.717) is 0 Å². The highest BCUT2D eigenvalue weighted by Crippen LogP contribution is 2.18. The summed E-state index contributed by atoms with van der Waals surface area (Å²) in [6, 6.07) is 12.1. The van der Waals surface area contributed by atoms with Gasteiger partial charge in [0.1, 0.15) is 11.3 Å². The molecule has 0 bridgehead atoms. The number of esters is 2. The Morgan fingerprint density at radius 2 is 1.42 bits per heavy atom. The summed E-state index contributed by atoms with van der Waals surface area (Å²) < 4.78 is 4.67. The minimum atomic E-state index is -0.925. The fourth-order valence-electron chi connectivity index (χ4n) is 1.52. The number of nitrogens with two attached hydrogens (primary N) is 1. The second-order valence-corrected chi connectivity index (χ2v) is 3.78. The molecule has 0 saturated heterocycles. The Balaban J connectivity index is 2.19. The number of carbonyl (C=O) groups excluding carboxylic acids is 2. The van der Waals surface area contributed by atoms with Crippen molar-refractivity contribution in [1.82, 2.24) is 0 Å². The first-order valence-corrected chi connectivity index (χ1v) is 5.48. The lowest BCUT2D eigenvalue weighted by Gasteiger charge is -2.06. The topological polar surface area (TPSA) is 89.6 Å². The molecule has 0 aliphatic carbocycles. The smallest absolute Gasteiger partial charge is 0.349 e. The highest BCUT2D eigenvalue weighted by Gasteiger charge is 2.18. The largest absolute Gasteiger partial charge is 0.507 e. The number of aromatic hydroxyl groups is 1. The number of benzene rings is 2. The molecule has 0 amide bonds. The molecule has 0 fully saturated rings. The lowest BCUT2D eigenvalue weighted by Crippen LogP contribution is -2.14. The molecule has 0 unspecified atom stereocenters. The van der Waals surface area contributed by atoms with E-state index in [-0.39, 0.29) is 22.6 Å². The van der Waals surface area contributed by atoms with Gasteiger partial charge in [-0.15, -0.1) is 0 Å². The van der Waals surface area contributed by atoms with Crippen LogP contribution in [0.5, 0.6) is 5.75 Å². The highest BCUT2D eigenvalue weighted by molar-refractivity contribution is 6.05. The van der Waals surface area contributed by atoms with Crippen LogP contribution in [-0.2, 0) is 4.74 Å². The number of phenolic OH excluding ortho intramolecular Hbond substituents is 1. The van der Waals surface area contributed by atoms with Gasteiger partial charge in [0, 0.05) is 5.69 Å². The standard InChI is InChI=1S/C14H11NO4/c15-11-7-3-1-5-9(11)13(17)19-14(18)10-6-2-4-8-12(10)16/h1-8,16H,15H2. The van der Waals surface area contributed by atoms with Crippen LogP contribution in [0.25, 0.3) is 0 Å². The predicted octanol–water partition coefficient (Wildman–Crippen LogP) is 1.97. The molecule has 3 N–H and O–H groups in total. The fourth-order valence-corrected chi connectivity index (χ4v) is 1.52. The van der Waals surface area contributed by atoms with Crippen LogP contribution < -0.4 is 5.73 Å². The van der Waals surface area contributed by atoms with E-state index in [4.69, 9.17) is 5.73 Å². The zero-order valence-corrected chi connectivity index (χ0v) is 9.87. The number of hydrogen-bond acceptors (Lipinski definition) is 5. The molecule has 19 heavy (non-hydrogen) atoms. The molecule has 0 aliphatic rings. The van der Waals surface area contributed by atoms with Crippen molar-refractivity contribution in [2.75, 3.05) is 5.73 Å². The molecule has 0 heterocycles. The summed E-state index contributed by atoms with van der Waals surface area (Å²) in [4.78, 5) is 23.5. The zero-order chi connectivity index (χ0) is 13.8. The number of para-hydroxylation sites is 2. The minimum absolute atomic E-state index is 0.0784. The fraction of sp³-hybridized carbons (Fsp3) is 0. The van der Waals surface area contributed by atoms with Gasteiger partial charge in [0.25, 0.3) is 0 Å². The SMILES string of the molecule is Nc1ccccc1C(=O)OC(=O)c1ccccc1O. The molecule has 0 spiro atoms. The molecule has 0 aromatic heterocycles. The van der Waals surface area contributed by atoms with E-state index < -0.39 is 11.9 Å². The number of anilines is 1. The van der Waals surface area contributed by atoms with E-state index in [1.165, 1.54) is 24.3 Å². The number of hydrogen-bond donors (Lipinski definition) is 2. The normalized spacial score (nSPS) is 9.89. The molecule has 2 aromatic carbocycles. The van der Waals surface area contributed by atoms with Gasteiger partial charge in [0.15, 0.2) is 0 Å². The van der Waals surface area contributed by atoms with Crippen molar-refractivity contribution in [2.45, 2.75) is 0 Å². The Kier molecular flexibility index (Phi) is 3.47. The summed E-state index contributed by atoms with van der Waals surface area (Å²) in [7, 11) is 0. The van der Waals surface area contributed by atoms with Crippen molar-refractivity contribution in [2.24, 2.45) is 0 Å². The minimum Gasteiger partial charge on any atom is -0.507 e. The molecule has 96 valence electrons. The summed E-state index contributed by atoms with van der Waals surface area (Å²) in [6.45, 7) is 0. The van der Waals surface area contributed by atoms with E-state index in [9.17, 15) is 14.7 Å². The van der Waals surface area contributed by atoms with Crippen LogP contribution in [0.3, 0.4) is 0 Å². The first kappa shape index (κ1) is 12.6. The number of phenols is 1. The number of nitrogen functional groups attached to an aromatic ring is 1. The van der Waals surface area contributed by atoms with Crippen LogP contribution >= 0.6 is 0 Å². The lowest BCUT2D eigenvalue weighted by molar-refractivity contribution is 0.0397. The molecule has 0 saturated carbocycles. The third-order valence-corrected chi connectivity index (χ3v) is 2.49. The van der Waals surface area contributed by atoms with Crippen molar-refractivity contribution in [3.8, 4) is 5.75 Å². The van der Waals surface area contributed by atoms with Gasteiger partial charge in [0.2, 0.25) is 0 Å². The van der Waals surface area contributed by atoms with Gasteiger partial charge in [0.05, 0.1) is 5.56 Å². The van der Waals surface area contributed by atoms with Gasteiger partial charge in [-0.05, 0) is 24.3 Å². The summed E-state index contributed by atoms with van der Waals surface area (Å²) >= 11 is 0. The van der Waals surface area contributed by atoms with Crippen molar-refractivity contribution < 1.29 is 19.4 Å². The average molecular weight is 257 g/mol. The van der Waals surface area contributed by atoms with E-state index in [2.05, 4.69) is 4.74 Å². The van der Waals surface area contributed by atoms with Crippen molar-refractivity contribution in [1.29, 1.82) is 0 Å². The quantitative estimate of drug-likeness (QED) is 0.487. The summed E-state index contributed by atoms with van der Waals surface area (Å²) in [5.41, 5.74) is 5.85. The summed E-state index contributed by atoms with van der Waals surface area (Å²) in [5, 5.41) is 9.48. The second-order valence-electron chi connectivity index (χ2n) is 3.78. The number of carbonyl (C=O) groups is 2. The van der Waals surface area contributed by atoms with Gasteiger partial charge >= 0.3 is 11.9 Å². The molecule has 2 aromatic rings. The Bertz CT molecular complexity index is 581. The van der Waals surface area contributed by atoms with Crippen LogP contribution in [0.2, 0.25) is 0 Å². The van der Waals surface area contributed by atoms with Crippen molar-refractivity contribution in [3.05, 3.63) is 59.7 Å². The summed E-state index contributed by atoms with van der Waals surface area (Å²) in [6.07, 6.45) is 0.